The van der Waals surface area contributed by atoms with Gasteiger partial charge >= 0.3 is 0 Å². The second-order valence-corrected chi connectivity index (χ2v) is 20.0. The topological polar surface area (TPSA) is 228 Å². The first-order valence-electron chi connectivity index (χ1n) is 28.7. The van der Waals surface area contributed by atoms with Gasteiger partial charge in [0.25, 0.3) is 0 Å². The Bertz CT molecular complexity index is 1500. The van der Waals surface area contributed by atoms with Gasteiger partial charge in [0.1, 0.15) is 48.8 Å². The maximum Gasteiger partial charge on any atom is 0.220 e. The van der Waals surface area contributed by atoms with Gasteiger partial charge in [-0.15, -0.1) is 0 Å². The van der Waals surface area contributed by atoms with Gasteiger partial charge in [-0.1, -0.05) is 202 Å². The average molecular weight is 1030 g/mol. The van der Waals surface area contributed by atoms with Crippen LogP contribution in [-0.2, 0) is 23.7 Å². The van der Waals surface area contributed by atoms with Crippen LogP contribution < -0.4 is 5.32 Å². The van der Waals surface area contributed by atoms with E-state index < -0.39 is 86.8 Å². The second-order valence-electron chi connectivity index (χ2n) is 20.0. The van der Waals surface area contributed by atoms with Crippen molar-refractivity contribution in [2.75, 3.05) is 19.8 Å². The van der Waals surface area contributed by atoms with Crippen molar-refractivity contribution in [1.29, 1.82) is 0 Å². The highest BCUT2D eigenvalue weighted by Crippen LogP contribution is 2.30. The molecule has 2 aliphatic rings. The Hall–Kier alpha value is -2.57. The number of rotatable bonds is 44. The van der Waals surface area contributed by atoms with Crippen LogP contribution in [-0.4, -0.2) is 140 Å². The third kappa shape index (κ3) is 30.7. The van der Waals surface area contributed by atoms with Gasteiger partial charge in [-0.2, -0.15) is 0 Å². The van der Waals surface area contributed by atoms with Gasteiger partial charge < -0.3 is 65.1 Å². The fourth-order valence-electron chi connectivity index (χ4n) is 9.02. The molecule has 1 amide bonds. The van der Waals surface area contributed by atoms with Crippen LogP contribution in [0.4, 0.5) is 0 Å². The van der Waals surface area contributed by atoms with Crippen LogP contribution in [0.15, 0.2) is 72.9 Å². The summed E-state index contributed by atoms with van der Waals surface area (Å²) < 4.78 is 22.7. The third-order valence-corrected chi connectivity index (χ3v) is 13.6. The van der Waals surface area contributed by atoms with Crippen molar-refractivity contribution in [3.63, 3.8) is 0 Å². The maximum absolute atomic E-state index is 13.2. The molecule has 0 radical (unpaired) electrons. The lowest BCUT2D eigenvalue weighted by Crippen LogP contribution is -2.65. The Morgan fingerprint density at radius 1 is 0.507 bits per heavy atom. The Balaban J connectivity index is 1.68. The van der Waals surface area contributed by atoms with Crippen molar-refractivity contribution < 1.29 is 64.6 Å². The fourth-order valence-corrected chi connectivity index (χ4v) is 9.02. The highest BCUT2D eigenvalue weighted by Gasteiger charge is 2.51. The molecule has 0 aromatic rings. The van der Waals surface area contributed by atoms with Crippen molar-refractivity contribution in [2.45, 2.75) is 274 Å². The number of nitrogens with one attached hydrogen (secondary N) is 1. The predicted octanol–water partition coefficient (Wildman–Crippen LogP) is 9.16. The van der Waals surface area contributed by atoms with E-state index in [4.69, 9.17) is 18.9 Å². The lowest BCUT2D eigenvalue weighted by molar-refractivity contribution is -0.359. The summed E-state index contributed by atoms with van der Waals surface area (Å²) in [5, 5.41) is 86.8. The summed E-state index contributed by atoms with van der Waals surface area (Å²) in [4.78, 5) is 13.2. The number of allylic oxidation sites excluding steroid dienone is 11. The SMILES string of the molecule is CC/C=C\C/C=C\C/C=C\C/C=C\C/C=C\CCCCCCCCCCCCCCCC(=O)NC(COC1OC(CO)C(OC2OC(CO)C(O)C(O)C2O)C(O)C1O)C(O)/C=C/CCCCCCCCCC. The van der Waals surface area contributed by atoms with E-state index in [0.29, 0.717) is 6.42 Å². The van der Waals surface area contributed by atoms with Gasteiger partial charge in [0.15, 0.2) is 12.6 Å². The maximum atomic E-state index is 13.2. The van der Waals surface area contributed by atoms with Gasteiger partial charge in [-0.05, 0) is 64.2 Å². The lowest BCUT2D eigenvalue weighted by atomic mass is 9.97. The van der Waals surface area contributed by atoms with Crippen LogP contribution in [0.1, 0.15) is 200 Å². The molecule has 0 aromatic heterocycles. The smallest absolute Gasteiger partial charge is 0.220 e. The first kappa shape index (κ1) is 66.5. The molecule has 0 saturated carbocycles. The quantitative estimate of drug-likeness (QED) is 0.0205. The lowest BCUT2D eigenvalue weighted by Gasteiger charge is -2.46. The standard InChI is InChI=1S/C59H103NO13/c1-3-5-7-9-11-13-15-16-17-18-19-20-21-22-23-24-25-26-27-28-29-30-31-32-33-35-37-39-41-43-51(64)60-47(48(63)42-40-38-36-34-14-12-10-8-6-4-2)46-70-58-56(69)54(67)57(50(45-62)72-58)73-59-55(68)53(66)52(65)49(44-61)71-59/h5,7,11,13,16-17,19-20,22-23,40,42,47-50,52-59,61-63,65-69H,3-4,6,8-10,12,14-15,18,21,24-39,41,43-46H2,1-2H3,(H,60,64)/b7-5-,13-11-,17-16-,20-19-,23-22-,42-40+. The summed E-state index contributed by atoms with van der Waals surface area (Å²) in [7, 11) is 0. The van der Waals surface area contributed by atoms with Crippen LogP contribution in [0.3, 0.4) is 0 Å². The van der Waals surface area contributed by atoms with Gasteiger partial charge in [-0.25, -0.2) is 0 Å². The Morgan fingerprint density at radius 3 is 1.45 bits per heavy atom. The molecule has 2 fully saturated rings. The molecule has 0 aromatic carbocycles. The molecule has 73 heavy (non-hydrogen) atoms. The highest BCUT2D eigenvalue weighted by molar-refractivity contribution is 5.76. The van der Waals surface area contributed by atoms with Crippen LogP contribution in [0, 0.1) is 0 Å². The van der Waals surface area contributed by atoms with E-state index in [0.717, 1.165) is 77.0 Å². The molecule has 14 heteroatoms. The zero-order valence-corrected chi connectivity index (χ0v) is 45.1. The van der Waals surface area contributed by atoms with E-state index in [9.17, 15) is 45.6 Å². The molecular formula is C59H103NO13. The minimum Gasteiger partial charge on any atom is -0.394 e. The molecule has 0 bridgehead atoms. The van der Waals surface area contributed by atoms with Crippen molar-refractivity contribution in [2.24, 2.45) is 0 Å². The summed E-state index contributed by atoms with van der Waals surface area (Å²) in [6, 6.07) is -0.916. The molecule has 0 spiro atoms. The van der Waals surface area contributed by atoms with Gasteiger partial charge in [0.05, 0.1) is 32.0 Å². The van der Waals surface area contributed by atoms with E-state index >= 15 is 0 Å². The van der Waals surface area contributed by atoms with Crippen molar-refractivity contribution in [3.05, 3.63) is 72.9 Å². The number of aliphatic hydroxyl groups excluding tert-OH is 8. The molecule has 14 nitrogen and oxygen atoms in total. The van der Waals surface area contributed by atoms with Crippen LogP contribution in [0.5, 0.6) is 0 Å². The summed E-state index contributed by atoms with van der Waals surface area (Å²) in [6.45, 7) is 2.64. The number of amides is 1. The van der Waals surface area contributed by atoms with Crippen LogP contribution in [0.2, 0.25) is 0 Å². The van der Waals surface area contributed by atoms with E-state index in [2.05, 4.69) is 79.9 Å². The van der Waals surface area contributed by atoms with Gasteiger partial charge in [0, 0.05) is 6.42 Å². The van der Waals surface area contributed by atoms with Crippen molar-refractivity contribution in [3.8, 4) is 0 Å². The summed E-state index contributed by atoms with van der Waals surface area (Å²) in [5.41, 5.74) is 0. The Labute approximate surface area is 440 Å². The molecule has 0 aliphatic carbocycles. The predicted molar refractivity (Wildman–Crippen MR) is 290 cm³/mol. The second kappa shape index (κ2) is 44.5. The summed E-state index contributed by atoms with van der Waals surface area (Å²) >= 11 is 0. The van der Waals surface area contributed by atoms with Crippen LogP contribution >= 0.6 is 0 Å². The summed E-state index contributed by atoms with van der Waals surface area (Å²) in [5.74, 6) is -0.246. The zero-order chi connectivity index (χ0) is 53.2. The van der Waals surface area contributed by atoms with Gasteiger partial charge in [0.2, 0.25) is 5.91 Å². The fraction of sp³-hybridized carbons (Fsp3) is 0.780. The first-order chi connectivity index (χ1) is 35.6. The monoisotopic (exact) mass is 1030 g/mol. The molecule has 2 heterocycles. The molecule has 2 aliphatic heterocycles. The normalized spacial score (nSPS) is 25.9. The number of unbranched alkanes of at least 4 members (excludes halogenated alkanes) is 21. The average Bonchev–Trinajstić information content (AvgIpc) is 3.39. The van der Waals surface area contributed by atoms with E-state index in [1.807, 2.05) is 6.08 Å². The van der Waals surface area contributed by atoms with E-state index in [-0.39, 0.29) is 18.9 Å². The van der Waals surface area contributed by atoms with E-state index in [1.54, 1.807) is 6.08 Å². The molecule has 12 atom stereocenters. The number of carbonyl (C=O) groups excluding carboxylic acids is 1. The Kier molecular flexibility index (Phi) is 40.6. The highest BCUT2D eigenvalue weighted by atomic mass is 16.7. The Morgan fingerprint density at radius 2 is 0.945 bits per heavy atom. The van der Waals surface area contributed by atoms with Crippen molar-refractivity contribution >= 4 is 5.91 Å². The third-order valence-electron chi connectivity index (χ3n) is 13.6. The van der Waals surface area contributed by atoms with Gasteiger partial charge in [-0.3, -0.25) is 4.79 Å². The summed E-state index contributed by atoms with van der Waals surface area (Å²) in [6.07, 6.45) is 41.0. The van der Waals surface area contributed by atoms with Crippen molar-refractivity contribution in [1.82, 2.24) is 5.32 Å². The number of aliphatic hydroxyl groups is 8. The first-order valence-corrected chi connectivity index (χ1v) is 28.7. The minimum atomic E-state index is -1.79. The molecule has 2 saturated heterocycles. The molecular weight excluding hydrogens is 931 g/mol. The number of hydrogen-bond acceptors (Lipinski definition) is 13. The van der Waals surface area contributed by atoms with E-state index in [1.165, 1.54) is 96.3 Å². The zero-order valence-electron chi connectivity index (χ0n) is 45.1. The van der Waals surface area contributed by atoms with Crippen LogP contribution in [0.25, 0.3) is 0 Å². The molecule has 12 unspecified atom stereocenters. The molecule has 422 valence electrons. The molecule has 2 rings (SSSR count). The number of hydrogen-bond donors (Lipinski definition) is 9. The minimum absolute atomic E-state index is 0.246. The largest absolute Gasteiger partial charge is 0.394 e. The number of ether oxygens (including phenoxy) is 4. The molecule has 9 N–H and O–H groups in total. The number of carbonyl (C=O) groups is 1.